The Bertz CT molecular complexity index is 1110. The summed E-state index contributed by atoms with van der Waals surface area (Å²) in [5.74, 6) is 2.13. The lowest BCUT2D eigenvalue weighted by Gasteiger charge is -2.08. The summed E-state index contributed by atoms with van der Waals surface area (Å²) >= 11 is 0. The number of sulfonamides is 1. The fourth-order valence-corrected chi connectivity index (χ4v) is 3.74. The maximum absolute atomic E-state index is 12.5. The lowest BCUT2D eigenvalue weighted by molar-refractivity contribution is 0.374. The number of methoxy groups -OCH3 is 3. The second kappa shape index (κ2) is 8.50. The first-order valence-corrected chi connectivity index (χ1v) is 10.1. The van der Waals surface area contributed by atoms with Gasteiger partial charge >= 0.3 is 0 Å². The van der Waals surface area contributed by atoms with Crippen LogP contribution in [0.5, 0.6) is 17.2 Å². The first kappa shape index (κ1) is 20.6. The van der Waals surface area contributed by atoms with E-state index in [0.29, 0.717) is 28.4 Å². The summed E-state index contributed by atoms with van der Waals surface area (Å²) in [6, 6.07) is 9.77. The van der Waals surface area contributed by atoms with Crippen molar-refractivity contribution in [1.82, 2.24) is 14.9 Å². The van der Waals surface area contributed by atoms with E-state index in [0.717, 1.165) is 0 Å². The highest BCUT2D eigenvalue weighted by Crippen LogP contribution is 2.31. The molecule has 29 heavy (non-hydrogen) atoms. The molecule has 0 saturated carbocycles. The van der Waals surface area contributed by atoms with Crippen molar-refractivity contribution in [3.63, 3.8) is 0 Å². The van der Waals surface area contributed by atoms with Crippen molar-refractivity contribution in [3.05, 3.63) is 47.9 Å². The quantitative estimate of drug-likeness (QED) is 0.593. The standard InChI is InChI=1S/C19H21N3O6S/c1-12-9-14(6-8-16(12)26-3)29(23,24)20-11-18-21-19(22-28-18)15-7-5-13(25-2)10-17(15)27-4/h5-10,20H,11H2,1-4H3. The maximum Gasteiger partial charge on any atom is 0.242 e. The number of nitrogens with one attached hydrogen (secondary N) is 1. The number of hydrogen-bond donors (Lipinski definition) is 1. The third-order valence-corrected chi connectivity index (χ3v) is 5.61. The summed E-state index contributed by atoms with van der Waals surface area (Å²) in [5, 5.41) is 3.90. The molecule has 1 aromatic heterocycles. The van der Waals surface area contributed by atoms with Crippen molar-refractivity contribution in [1.29, 1.82) is 0 Å². The van der Waals surface area contributed by atoms with E-state index in [2.05, 4.69) is 14.9 Å². The fraction of sp³-hybridized carbons (Fsp3) is 0.263. The Morgan fingerprint density at radius 2 is 1.76 bits per heavy atom. The number of rotatable bonds is 8. The lowest BCUT2D eigenvalue weighted by atomic mass is 10.2. The van der Waals surface area contributed by atoms with Gasteiger partial charge in [0.2, 0.25) is 21.7 Å². The summed E-state index contributed by atoms with van der Waals surface area (Å²) in [5.41, 5.74) is 1.30. The highest BCUT2D eigenvalue weighted by Gasteiger charge is 2.19. The van der Waals surface area contributed by atoms with Crippen molar-refractivity contribution < 1.29 is 27.2 Å². The Balaban J connectivity index is 1.76. The van der Waals surface area contributed by atoms with Crippen molar-refractivity contribution in [2.45, 2.75) is 18.4 Å². The molecule has 3 rings (SSSR count). The molecule has 0 amide bonds. The molecule has 0 aliphatic heterocycles. The summed E-state index contributed by atoms with van der Waals surface area (Å²) in [7, 11) is 0.841. The van der Waals surface area contributed by atoms with Crippen LogP contribution in [0.15, 0.2) is 45.8 Å². The zero-order valence-electron chi connectivity index (χ0n) is 16.4. The summed E-state index contributed by atoms with van der Waals surface area (Å²) in [6.45, 7) is 1.61. The molecule has 0 fully saturated rings. The minimum absolute atomic E-state index is 0.117. The first-order chi connectivity index (χ1) is 13.9. The van der Waals surface area contributed by atoms with Crippen molar-refractivity contribution in [2.24, 2.45) is 0 Å². The highest BCUT2D eigenvalue weighted by molar-refractivity contribution is 7.89. The molecule has 3 aromatic rings. The number of aryl methyl sites for hydroxylation is 1. The van der Waals surface area contributed by atoms with Gasteiger partial charge in [-0.05, 0) is 42.8 Å². The zero-order chi connectivity index (χ0) is 21.0. The third-order valence-electron chi connectivity index (χ3n) is 4.21. The molecule has 0 atom stereocenters. The molecule has 9 nitrogen and oxygen atoms in total. The van der Waals surface area contributed by atoms with Gasteiger partial charge in [-0.25, -0.2) is 13.1 Å². The van der Waals surface area contributed by atoms with Crippen LogP contribution in [-0.2, 0) is 16.6 Å². The van der Waals surface area contributed by atoms with E-state index in [-0.39, 0.29) is 23.2 Å². The molecule has 1 heterocycles. The Hall–Kier alpha value is -3.11. The molecule has 154 valence electrons. The smallest absolute Gasteiger partial charge is 0.242 e. The third kappa shape index (κ3) is 4.49. The molecule has 0 unspecified atom stereocenters. The number of ether oxygens (including phenoxy) is 3. The zero-order valence-corrected chi connectivity index (χ0v) is 17.2. The summed E-state index contributed by atoms with van der Waals surface area (Å²) in [4.78, 5) is 4.36. The van der Waals surface area contributed by atoms with Crippen LogP contribution in [-0.4, -0.2) is 39.9 Å². The van der Waals surface area contributed by atoms with E-state index in [1.165, 1.54) is 26.4 Å². The van der Waals surface area contributed by atoms with Crippen LogP contribution in [0.25, 0.3) is 11.4 Å². The fourth-order valence-electron chi connectivity index (χ4n) is 2.68. The van der Waals surface area contributed by atoms with Gasteiger partial charge in [0.05, 0.1) is 38.3 Å². The van der Waals surface area contributed by atoms with Crippen LogP contribution in [0.4, 0.5) is 0 Å². The average Bonchev–Trinajstić information content (AvgIpc) is 3.20. The van der Waals surface area contributed by atoms with Gasteiger partial charge in [-0.1, -0.05) is 5.16 Å². The van der Waals surface area contributed by atoms with E-state index < -0.39 is 10.0 Å². The van der Waals surface area contributed by atoms with E-state index in [4.69, 9.17) is 18.7 Å². The van der Waals surface area contributed by atoms with Crippen molar-refractivity contribution in [3.8, 4) is 28.6 Å². The first-order valence-electron chi connectivity index (χ1n) is 8.57. The Kier molecular flexibility index (Phi) is 6.04. The molecule has 0 bridgehead atoms. The minimum Gasteiger partial charge on any atom is -0.497 e. The van der Waals surface area contributed by atoms with Gasteiger partial charge < -0.3 is 18.7 Å². The van der Waals surface area contributed by atoms with Crippen LogP contribution < -0.4 is 18.9 Å². The highest BCUT2D eigenvalue weighted by atomic mass is 32.2. The predicted octanol–water partition coefficient (Wildman–Crippen LogP) is 2.55. The average molecular weight is 419 g/mol. The normalized spacial score (nSPS) is 11.3. The molecule has 2 aromatic carbocycles. The number of nitrogens with zero attached hydrogens (tertiary/aromatic N) is 2. The summed E-state index contributed by atoms with van der Waals surface area (Å²) in [6.07, 6.45) is 0. The van der Waals surface area contributed by atoms with Crippen LogP contribution >= 0.6 is 0 Å². The second-order valence-corrected chi connectivity index (χ2v) is 7.80. The molecule has 1 N–H and O–H groups in total. The van der Waals surface area contributed by atoms with E-state index in [1.807, 2.05) is 0 Å². The summed E-state index contributed by atoms with van der Waals surface area (Å²) < 4.78 is 48.3. The van der Waals surface area contributed by atoms with E-state index in [1.54, 1.807) is 38.3 Å². The molecule has 0 radical (unpaired) electrons. The van der Waals surface area contributed by atoms with Gasteiger partial charge in [0.25, 0.3) is 0 Å². The lowest BCUT2D eigenvalue weighted by Crippen LogP contribution is -2.23. The molecule has 10 heteroatoms. The maximum atomic E-state index is 12.5. The van der Waals surface area contributed by atoms with Gasteiger partial charge in [0, 0.05) is 6.07 Å². The number of benzene rings is 2. The van der Waals surface area contributed by atoms with E-state index in [9.17, 15) is 8.42 Å². The van der Waals surface area contributed by atoms with Crippen LogP contribution in [0.3, 0.4) is 0 Å². The Labute approximate surface area is 168 Å². The number of aromatic nitrogens is 2. The Morgan fingerprint density at radius 3 is 2.41 bits per heavy atom. The van der Waals surface area contributed by atoms with Gasteiger partial charge in [0.1, 0.15) is 17.2 Å². The largest absolute Gasteiger partial charge is 0.497 e. The van der Waals surface area contributed by atoms with Gasteiger partial charge in [-0.2, -0.15) is 4.98 Å². The monoisotopic (exact) mass is 419 g/mol. The van der Waals surface area contributed by atoms with Crippen LogP contribution in [0.2, 0.25) is 0 Å². The molecule has 0 saturated heterocycles. The van der Waals surface area contributed by atoms with Gasteiger partial charge in [-0.15, -0.1) is 0 Å². The predicted molar refractivity (Wildman–Crippen MR) is 105 cm³/mol. The second-order valence-electron chi connectivity index (χ2n) is 6.03. The molecular weight excluding hydrogens is 398 g/mol. The Morgan fingerprint density at radius 1 is 1.00 bits per heavy atom. The SMILES string of the molecule is COc1ccc(-c2noc(CNS(=O)(=O)c3ccc(OC)c(C)c3)n2)c(OC)c1. The topological polar surface area (TPSA) is 113 Å². The van der Waals surface area contributed by atoms with Gasteiger partial charge in [0.15, 0.2) is 0 Å². The van der Waals surface area contributed by atoms with Crippen LogP contribution in [0.1, 0.15) is 11.5 Å². The molecular formula is C19H21N3O6S. The minimum atomic E-state index is -3.76. The molecule has 0 aliphatic carbocycles. The van der Waals surface area contributed by atoms with E-state index >= 15 is 0 Å². The van der Waals surface area contributed by atoms with Crippen LogP contribution in [0, 0.1) is 6.92 Å². The van der Waals surface area contributed by atoms with Crippen molar-refractivity contribution in [2.75, 3.05) is 21.3 Å². The number of hydrogen-bond acceptors (Lipinski definition) is 8. The van der Waals surface area contributed by atoms with Gasteiger partial charge in [-0.3, -0.25) is 0 Å². The molecule has 0 aliphatic rings. The molecule has 0 spiro atoms. The van der Waals surface area contributed by atoms with Crippen molar-refractivity contribution >= 4 is 10.0 Å².